The predicted molar refractivity (Wildman–Crippen MR) is 91.6 cm³/mol. The summed E-state index contributed by atoms with van der Waals surface area (Å²) in [5, 5.41) is 2.72. The van der Waals surface area contributed by atoms with Crippen molar-refractivity contribution in [2.24, 2.45) is 0 Å². The Bertz CT molecular complexity index is 765. The van der Waals surface area contributed by atoms with Crippen LogP contribution in [0.4, 0.5) is 5.69 Å². The number of carbonyl (C=O) groups excluding carboxylic acids is 3. The monoisotopic (exact) mass is 325 g/mol. The van der Waals surface area contributed by atoms with Crippen molar-refractivity contribution >= 4 is 23.2 Å². The molecule has 1 atom stereocenters. The van der Waals surface area contributed by atoms with Gasteiger partial charge in [0.15, 0.2) is 17.7 Å². The molecular weight excluding hydrogens is 306 g/mol. The lowest BCUT2D eigenvalue weighted by Crippen LogP contribution is -2.30. The number of nitrogens with one attached hydrogen (secondary N) is 1. The average molecular weight is 325 g/mol. The lowest BCUT2D eigenvalue weighted by Gasteiger charge is -2.15. The summed E-state index contributed by atoms with van der Waals surface area (Å²) < 4.78 is 5.57. The molecule has 0 saturated heterocycles. The first-order valence-electron chi connectivity index (χ1n) is 7.56. The van der Waals surface area contributed by atoms with E-state index in [9.17, 15) is 14.4 Å². The van der Waals surface area contributed by atoms with Crippen LogP contribution in [0.25, 0.3) is 0 Å². The Morgan fingerprint density at radius 3 is 2.12 bits per heavy atom. The van der Waals surface area contributed by atoms with E-state index in [4.69, 9.17) is 4.74 Å². The van der Waals surface area contributed by atoms with Gasteiger partial charge in [0, 0.05) is 16.8 Å². The van der Waals surface area contributed by atoms with Gasteiger partial charge in [-0.1, -0.05) is 12.1 Å². The van der Waals surface area contributed by atoms with E-state index in [0.717, 1.165) is 0 Å². The maximum Gasteiger partial charge on any atom is 0.265 e. The molecule has 1 N–H and O–H groups in total. The molecule has 0 aliphatic carbocycles. The molecule has 0 aromatic heterocycles. The lowest BCUT2D eigenvalue weighted by molar-refractivity contribution is -0.122. The Morgan fingerprint density at radius 2 is 1.54 bits per heavy atom. The van der Waals surface area contributed by atoms with Gasteiger partial charge in [-0.05, 0) is 57.2 Å². The Hall–Kier alpha value is -2.95. The summed E-state index contributed by atoms with van der Waals surface area (Å²) in [6.45, 7) is 4.58. The summed E-state index contributed by atoms with van der Waals surface area (Å²) in [5.41, 5.74) is 1.65. The highest BCUT2D eigenvalue weighted by Crippen LogP contribution is 2.16. The highest BCUT2D eigenvalue weighted by atomic mass is 16.5. The van der Waals surface area contributed by atoms with Crippen LogP contribution in [0.15, 0.2) is 48.5 Å². The number of anilines is 1. The van der Waals surface area contributed by atoms with Crippen LogP contribution in [-0.4, -0.2) is 23.6 Å². The number of rotatable bonds is 6. The molecule has 0 radical (unpaired) electrons. The van der Waals surface area contributed by atoms with E-state index >= 15 is 0 Å². The molecule has 124 valence electrons. The number of hydrogen-bond donors (Lipinski definition) is 1. The number of hydrogen-bond acceptors (Lipinski definition) is 4. The third-order valence-electron chi connectivity index (χ3n) is 3.48. The topological polar surface area (TPSA) is 72.5 Å². The smallest absolute Gasteiger partial charge is 0.265 e. The first-order chi connectivity index (χ1) is 11.4. The normalized spacial score (nSPS) is 11.5. The molecule has 2 aromatic carbocycles. The van der Waals surface area contributed by atoms with Crippen molar-refractivity contribution in [1.82, 2.24) is 0 Å². The zero-order valence-corrected chi connectivity index (χ0v) is 13.8. The van der Waals surface area contributed by atoms with Gasteiger partial charge in [0.05, 0.1) is 0 Å². The molecule has 1 unspecified atom stereocenters. The van der Waals surface area contributed by atoms with Gasteiger partial charge in [-0.2, -0.15) is 0 Å². The maximum absolute atomic E-state index is 12.2. The minimum atomic E-state index is -0.728. The molecule has 1 amide bonds. The molecule has 0 aliphatic heterocycles. The third-order valence-corrected chi connectivity index (χ3v) is 3.48. The highest BCUT2D eigenvalue weighted by Gasteiger charge is 2.15. The standard InChI is InChI=1S/C19H19NO4/c1-12(21)15-7-9-18(10-8-15)24-14(3)19(23)20-17-6-4-5-16(11-17)13(2)22/h4-11,14H,1-3H3,(H,20,23). The van der Waals surface area contributed by atoms with Crippen LogP contribution in [0.2, 0.25) is 0 Å². The summed E-state index contributed by atoms with van der Waals surface area (Å²) in [6.07, 6.45) is -0.728. The van der Waals surface area contributed by atoms with E-state index in [2.05, 4.69) is 5.32 Å². The van der Waals surface area contributed by atoms with Gasteiger partial charge in [-0.15, -0.1) is 0 Å². The van der Waals surface area contributed by atoms with Crippen molar-refractivity contribution < 1.29 is 19.1 Å². The molecule has 0 fully saturated rings. The van der Waals surface area contributed by atoms with Crippen LogP contribution in [0.5, 0.6) is 5.75 Å². The summed E-state index contributed by atoms with van der Waals surface area (Å²) in [4.78, 5) is 34.8. The van der Waals surface area contributed by atoms with Gasteiger partial charge in [-0.25, -0.2) is 0 Å². The van der Waals surface area contributed by atoms with Crippen LogP contribution in [0, 0.1) is 0 Å². The number of ether oxygens (including phenoxy) is 1. The summed E-state index contributed by atoms with van der Waals surface area (Å²) in [7, 11) is 0. The summed E-state index contributed by atoms with van der Waals surface area (Å²) in [6, 6.07) is 13.3. The molecule has 0 spiro atoms. The highest BCUT2D eigenvalue weighted by molar-refractivity contribution is 5.98. The van der Waals surface area contributed by atoms with Crippen LogP contribution in [0.1, 0.15) is 41.5 Å². The van der Waals surface area contributed by atoms with Crippen molar-refractivity contribution in [2.75, 3.05) is 5.32 Å². The predicted octanol–water partition coefficient (Wildman–Crippen LogP) is 3.50. The van der Waals surface area contributed by atoms with Crippen molar-refractivity contribution in [3.63, 3.8) is 0 Å². The zero-order chi connectivity index (χ0) is 17.7. The molecule has 0 aliphatic rings. The van der Waals surface area contributed by atoms with E-state index in [1.807, 2.05) is 0 Å². The van der Waals surface area contributed by atoms with Crippen LogP contribution in [-0.2, 0) is 4.79 Å². The number of benzene rings is 2. The van der Waals surface area contributed by atoms with Gasteiger partial charge in [0.1, 0.15) is 5.75 Å². The fourth-order valence-corrected chi connectivity index (χ4v) is 2.09. The van der Waals surface area contributed by atoms with E-state index in [0.29, 0.717) is 22.6 Å². The van der Waals surface area contributed by atoms with Crippen LogP contribution >= 0.6 is 0 Å². The molecule has 5 nitrogen and oxygen atoms in total. The summed E-state index contributed by atoms with van der Waals surface area (Å²) in [5.74, 6) is 0.0742. The van der Waals surface area contributed by atoms with Gasteiger partial charge in [0.25, 0.3) is 5.91 Å². The second kappa shape index (κ2) is 7.55. The zero-order valence-electron chi connectivity index (χ0n) is 13.8. The molecule has 2 aromatic rings. The van der Waals surface area contributed by atoms with Crippen LogP contribution < -0.4 is 10.1 Å². The number of Topliss-reactive ketones (excluding diaryl/α,β-unsaturated/α-hetero) is 2. The van der Waals surface area contributed by atoms with Gasteiger partial charge in [0.2, 0.25) is 0 Å². The second-order valence-corrected chi connectivity index (χ2v) is 5.47. The lowest BCUT2D eigenvalue weighted by atomic mass is 10.1. The quantitative estimate of drug-likeness (QED) is 0.825. The first-order valence-corrected chi connectivity index (χ1v) is 7.56. The maximum atomic E-state index is 12.2. The first kappa shape index (κ1) is 17.4. The summed E-state index contributed by atoms with van der Waals surface area (Å²) >= 11 is 0. The fraction of sp³-hybridized carbons (Fsp3) is 0.211. The Kier molecular flexibility index (Phi) is 5.47. The van der Waals surface area contributed by atoms with Crippen molar-refractivity contribution in [3.05, 3.63) is 59.7 Å². The second-order valence-electron chi connectivity index (χ2n) is 5.47. The van der Waals surface area contributed by atoms with Crippen molar-refractivity contribution in [3.8, 4) is 5.75 Å². The molecular formula is C19H19NO4. The SMILES string of the molecule is CC(=O)c1ccc(OC(C)C(=O)Nc2cccc(C(C)=O)c2)cc1. The van der Waals surface area contributed by atoms with E-state index in [-0.39, 0.29) is 17.5 Å². The van der Waals surface area contributed by atoms with Crippen molar-refractivity contribution in [1.29, 1.82) is 0 Å². The Morgan fingerprint density at radius 1 is 0.917 bits per heavy atom. The van der Waals surface area contributed by atoms with E-state index in [1.54, 1.807) is 55.5 Å². The number of carbonyl (C=O) groups is 3. The Balaban J connectivity index is 2.00. The molecule has 0 bridgehead atoms. The molecule has 2 rings (SSSR count). The van der Waals surface area contributed by atoms with Gasteiger partial charge in [-0.3, -0.25) is 14.4 Å². The van der Waals surface area contributed by atoms with E-state index in [1.165, 1.54) is 13.8 Å². The van der Waals surface area contributed by atoms with Gasteiger partial charge >= 0.3 is 0 Å². The minimum absolute atomic E-state index is 0.0299. The van der Waals surface area contributed by atoms with Crippen molar-refractivity contribution in [2.45, 2.75) is 26.9 Å². The number of amides is 1. The number of ketones is 2. The minimum Gasteiger partial charge on any atom is -0.481 e. The fourth-order valence-electron chi connectivity index (χ4n) is 2.09. The average Bonchev–Trinajstić information content (AvgIpc) is 2.55. The van der Waals surface area contributed by atoms with Gasteiger partial charge < -0.3 is 10.1 Å². The molecule has 5 heteroatoms. The third kappa shape index (κ3) is 4.52. The van der Waals surface area contributed by atoms with E-state index < -0.39 is 6.10 Å². The molecule has 0 saturated carbocycles. The molecule has 24 heavy (non-hydrogen) atoms. The molecule has 0 heterocycles. The Labute approximate surface area is 140 Å². The van der Waals surface area contributed by atoms with Crippen LogP contribution in [0.3, 0.4) is 0 Å². The largest absolute Gasteiger partial charge is 0.481 e.